The fourth-order valence-electron chi connectivity index (χ4n) is 2.23. The topological polar surface area (TPSA) is 12.5 Å². The Labute approximate surface area is 78.8 Å². The molecule has 70 valence electrons. The van der Waals surface area contributed by atoms with Gasteiger partial charge in [-0.05, 0) is 31.9 Å². The molecule has 2 aliphatic rings. The molecule has 0 aliphatic carbocycles. The SMILES string of the molecule is CSN1CCC2(CCCO2)CC1. The first-order valence-electron chi connectivity index (χ1n) is 4.78. The highest BCUT2D eigenvalue weighted by atomic mass is 32.2. The molecule has 0 atom stereocenters. The van der Waals surface area contributed by atoms with Crippen molar-refractivity contribution in [3.63, 3.8) is 0 Å². The Morgan fingerprint density at radius 3 is 2.50 bits per heavy atom. The molecule has 0 aromatic heterocycles. The molecule has 0 amide bonds. The third kappa shape index (κ3) is 1.63. The fraction of sp³-hybridized carbons (Fsp3) is 1.00. The maximum absolute atomic E-state index is 5.84. The fourth-order valence-corrected chi connectivity index (χ4v) is 2.77. The number of rotatable bonds is 1. The Kier molecular flexibility index (Phi) is 2.63. The molecule has 2 fully saturated rings. The zero-order chi connectivity index (χ0) is 8.44. The lowest BCUT2D eigenvalue weighted by molar-refractivity contribution is -0.0296. The van der Waals surface area contributed by atoms with Gasteiger partial charge in [-0.3, -0.25) is 4.31 Å². The number of piperidine rings is 1. The van der Waals surface area contributed by atoms with E-state index in [1.54, 1.807) is 0 Å². The van der Waals surface area contributed by atoms with Crippen molar-refractivity contribution in [1.29, 1.82) is 0 Å². The lowest BCUT2D eigenvalue weighted by Crippen LogP contribution is -2.41. The molecule has 2 rings (SSSR count). The Morgan fingerprint density at radius 1 is 1.25 bits per heavy atom. The van der Waals surface area contributed by atoms with Crippen LogP contribution >= 0.6 is 11.9 Å². The normalized spacial score (nSPS) is 29.8. The van der Waals surface area contributed by atoms with E-state index in [2.05, 4.69) is 10.6 Å². The van der Waals surface area contributed by atoms with Gasteiger partial charge in [0.1, 0.15) is 0 Å². The largest absolute Gasteiger partial charge is 0.375 e. The lowest BCUT2D eigenvalue weighted by Gasteiger charge is -2.37. The van der Waals surface area contributed by atoms with Crippen LogP contribution in [-0.2, 0) is 4.74 Å². The zero-order valence-corrected chi connectivity index (χ0v) is 8.53. The molecule has 0 aromatic carbocycles. The highest BCUT2D eigenvalue weighted by Gasteiger charge is 2.37. The second kappa shape index (κ2) is 3.56. The summed E-state index contributed by atoms with van der Waals surface area (Å²) < 4.78 is 8.28. The summed E-state index contributed by atoms with van der Waals surface area (Å²) in [6.45, 7) is 3.42. The molecule has 2 saturated heterocycles. The van der Waals surface area contributed by atoms with Crippen LogP contribution in [0.15, 0.2) is 0 Å². The first kappa shape index (κ1) is 8.85. The minimum Gasteiger partial charge on any atom is -0.375 e. The van der Waals surface area contributed by atoms with E-state index < -0.39 is 0 Å². The summed E-state index contributed by atoms with van der Waals surface area (Å²) in [6, 6.07) is 0. The van der Waals surface area contributed by atoms with Crippen molar-refractivity contribution in [2.75, 3.05) is 26.0 Å². The highest BCUT2D eigenvalue weighted by molar-refractivity contribution is 7.96. The Bertz CT molecular complexity index is 147. The van der Waals surface area contributed by atoms with Crippen LogP contribution < -0.4 is 0 Å². The number of nitrogens with zero attached hydrogens (tertiary/aromatic N) is 1. The van der Waals surface area contributed by atoms with E-state index in [1.807, 2.05) is 11.9 Å². The van der Waals surface area contributed by atoms with Gasteiger partial charge in [0.05, 0.1) is 5.60 Å². The van der Waals surface area contributed by atoms with Gasteiger partial charge in [-0.1, -0.05) is 11.9 Å². The summed E-state index contributed by atoms with van der Waals surface area (Å²) >= 11 is 1.87. The number of hydrogen-bond acceptors (Lipinski definition) is 3. The number of ether oxygens (including phenoxy) is 1. The van der Waals surface area contributed by atoms with Crippen LogP contribution in [0.25, 0.3) is 0 Å². The molecule has 3 heteroatoms. The van der Waals surface area contributed by atoms with Crippen molar-refractivity contribution in [3.8, 4) is 0 Å². The van der Waals surface area contributed by atoms with Gasteiger partial charge in [0.25, 0.3) is 0 Å². The molecular formula is C9H17NOS. The molecule has 0 unspecified atom stereocenters. The summed E-state index contributed by atoms with van der Waals surface area (Å²) in [6.07, 6.45) is 7.23. The molecular weight excluding hydrogens is 170 g/mol. The molecule has 0 bridgehead atoms. The van der Waals surface area contributed by atoms with Gasteiger partial charge < -0.3 is 4.74 Å². The first-order valence-corrected chi connectivity index (χ1v) is 5.96. The van der Waals surface area contributed by atoms with Gasteiger partial charge in [-0.15, -0.1) is 0 Å². The van der Waals surface area contributed by atoms with E-state index in [1.165, 1.54) is 38.8 Å². The molecule has 0 N–H and O–H groups in total. The van der Waals surface area contributed by atoms with E-state index >= 15 is 0 Å². The predicted molar refractivity (Wildman–Crippen MR) is 52.2 cm³/mol. The summed E-state index contributed by atoms with van der Waals surface area (Å²) in [5.74, 6) is 0. The molecule has 1 spiro atoms. The van der Waals surface area contributed by atoms with Crippen molar-refractivity contribution < 1.29 is 4.74 Å². The predicted octanol–water partition coefficient (Wildman–Crippen LogP) is 1.91. The van der Waals surface area contributed by atoms with Gasteiger partial charge in [-0.2, -0.15) is 0 Å². The van der Waals surface area contributed by atoms with Gasteiger partial charge in [0.15, 0.2) is 0 Å². The molecule has 2 heterocycles. The Balaban J connectivity index is 1.88. The van der Waals surface area contributed by atoms with Crippen LogP contribution in [0.4, 0.5) is 0 Å². The second-order valence-corrected chi connectivity index (χ2v) is 4.63. The van der Waals surface area contributed by atoms with Crippen molar-refractivity contribution in [2.24, 2.45) is 0 Å². The highest BCUT2D eigenvalue weighted by Crippen LogP contribution is 2.36. The Hall–Kier alpha value is 0.270. The smallest absolute Gasteiger partial charge is 0.0708 e. The number of hydrogen-bond donors (Lipinski definition) is 0. The van der Waals surface area contributed by atoms with Crippen LogP contribution in [0.2, 0.25) is 0 Å². The van der Waals surface area contributed by atoms with Crippen molar-refractivity contribution in [1.82, 2.24) is 4.31 Å². The molecule has 0 radical (unpaired) electrons. The van der Waals surface area contributed by atoms with E-state index in [-0.39, 0.29) is 0 Å². The monoisotopic (exact) mass is 187 g/mol. The van der Waals surface area contributed by atoms with Crippen molar-refractivity contribution in [3.05, 3.63) is 0 Å². The van der Waals surface area contributed by atoms with Crippen LogP contribution in [0.5, 0.6) is 0 Å². The molecule has 0 aromatic rings. The molecule has 2 nitrogen and oxygen atoms in total. The van der Waals surface area contributed by atoms with Crippen molar-refractivity contribution >= 4 is 11.9 Å². The summed E-state index contributed by atoms with van der Waals surface area (Å²) in [7, 11) is 0. The minimum atomic E-state index is 0.298. The average molecular weight is 187 g/mol. The van der Waals surface area contributed by atoms with Gasteiger partial charge in [-0.25, -0.2) is 0 Å². The van der Waals surface area contributed by atoms with Crippen LogP contribution in [-0.4, -0.2) is 35.9 Å². The summed E-state index contributed by atoms with van der Waals surface area (Å²) in [4.78, 5) is 0. The molecule has 2 aliphatic heterocycles. The van der Waals surface area contributed by atoms with Crippen molar-refractivity contribution in [2.45, 2.75) is 31.3 Å². The van der Waals surface area contributed by atoms with Crippen LogP contribution in [0.1, 0.15) is 25.7 Å². The molecule has 12 heavy (non-hydrogen) atoms. The maximum atomic E-state index is 5.84. The summed E-state index contributed by atoms with van der Waals surface area (Å²) in [5, 5.41) is 0. The minimum absolute atomic E-state index is 0.298. The van der Waals surface area contributed by atoms with E-state index in [0.29, 0.717) is 5.60 Å². The van der Waals surface area contributed by atoms with E-state index in [9.17, 15) is 0 Å². The third-order valence-corrected chi connectivity index (χ3v) is 3.96. The third-order valence-electron chi connectivity index (χ3n) is 3.08. The maximum Gasteiger partial charge on any atom is 0.0708 e. The van der Waals surface area contributed by atoms with Crippen LogP contribution in [0, 0.1) is 0 Å². The average Bonchev–Trinajstić information content (AvgIpc) is 2.55. The second-order valence-electron chi connectivity index (χ2n) is 3.75. The lowest BCUT2D eigenvalue weighted by atomic mass is 9.90. The van der Waals surface area contributed by atoms with E-state index in [4.69, 9.17) is 4.74 Å². The molecule has 0 saturated carbocycles. The summed E-state index contributed by atoms with van der Waals surface area (Å²) in [5.41, 5.74) is 0.298. The van der Waals surface area contributed by atoms with Gasteiger partial charge in [0.2, 0.25) is 0 Å². The van der Waals surface area contributed by atoms with Gasteiger partial charge in [0, 0.05) is 19.7 Å². The quantitative estimate of drug-likeness (QED) is 0.582. The Morgan fingerprint density at radius 2 is 2.00 bits per heavy atom. The van der Waals surface area contributed by atoms with Crippen LogP contribution in [0.3, 0.4) is 0 Å². The van der Waals surface area contributed by atoms with E-state index in [0.717, 1.165) is 6.61 Å². The first-order chi connectivity index (χ1) is 5.85. The standard InChI is InChI=1S/C9H17NOS/c1-12-10-6-4-9(5-7-10)3-2-8-11-9/h2-8H2,1H3. The zero-order valence-electron chi connectivity index (χ0n) is 7.71. The van der Waals surface area contributed by atoms with Gasteiger partial charge >= 0.3 is 0 Å².